The van der Waals surface area contributed by atoms with Gasteiger partial charge in [-0.05, 0) is 37.7 Å². The van der Waals surface area contributed by atoms with Crippen LogP contribution in [0.2, 0.25) is 0 Å². The van der Waals surface area contributed by atoms with E-state index >= 15 is 0 Å². The molecule has 0 unspecified atom stereocenters. The summed E-state index contributed by atoms with van der Waals surface area (Å²) in [6.07, 6.45) is 0. The van der Waals surface area contributed by atoms with Crippen molar-refractivity contribution in [1.29, 1.82) is 0 Å². The Morgan fingerprint density at radius 3 is 2.43 bits per heavy atom. The maximum Gasteiger partial charge on any atom is 0.323 e. The van der Waals surface area contributed by atoms with Crippen LogP contribution in [0.3, 0.4) is 0 Å². The second kappa shape index (κ2) is 7.02. The largest absolute Gasteiger partial charge is 0.323 e. The number of hydrazine groups is 1. The van der Waals surface area contributed by atoms with Crippen molar-refractivity contribution in [3.05, 3.63) is 28.2 Å². The van der Waals surface area contributed by atoms with Gasteiger partial charge in [-0.1, -0.05) is 15.9 Å². The zero-order chi connectivity index (χ0) is 15.4. The van der Waals surface area contributed by atoms with Gasteiger partial charge in [0.05, 0.1) is 0 Å². The number of likely N-dealkylation sites (N-methyl/N-ethyl adjacent to an activating group) is 1. The highest BCUT2D eigenvalue weighted by Gasteiger charge is 2.20. The third-order valence-corrected chi connectivity index (χ3v) is 4.27. The summed E-state index contributed by atoms with van der Waals surface area (Å²) >= 11 is 3.39. The molecule has 0 atom stereocenters. The topological polar surface area (TPSA) is 64.7 Å². The van der Waals surface area contributed by atoms with Gasteiger partial charge in [-0.15, -0.1) is 0 Å². The summed E-state index contributed by atoms with van der Waals surface area (Å²) in [6.45, 7) is 5.09. The maximum atomic E-state index is 11.9. The summed E-state index contributed by atoms with van der Waals surface area (Å²) in [4.78, 5) is 25.9. The van der Waals surface area contributed by atoms with Gasteiger partial charge in [0.15, 0.2) is 0 Å². The molecule has 7 heteroatoms. The minimum Gasteiger partial charge on any atom is -0.318 e. The highest BCUT2D eigenvalue weighted by atomic mass is 79.9. The SMILES string of the molecule is Cc1cc(NC(=O)C(=O)NN2CCN(C)CC2)ccc1Br. The summed E-state index contributed by atoms with van der Waals surface area (Å²) in [6, 6.07) is 5.40. The number of benzene rings is 1. The normalized spacial score (nSPS) is 16.5. The first-order valence-corrected chi connectivity index (χ1v) is 7.56. The maximum absolute atomic E-state index is 11.9. The van der Waals surface area contributed by atoms with E-state index in [4.69, 9.17) is 0 Å². The molecule has 1 aliphatic heterocycles. The predicted molar refractivity (Wildman–Crippen MR) is 84.7 cm³/mol. The molecule has 21 heavy (non-hydrogen) atoms. The quantitative estimate of drug-likeness (QED) is 0.777. The van der Waals surface area contributed by atoms with Gasteiger partial charge in [-0.25, -0.2) is 5.01 Å². The number of hydrogen-bond donors (Lipinski definition) is 2. The van der Waals surface area contributed by atoms with Crippen molar-refractivity contribution in [2.24, 2.45) is 0 Å². The Kier molecular flexibility index (Phi) is 5.33. The van der Waals surface area contributed by atoms with E-state index in [1.54, 1.807) is 11.1 Å². The lowest BCUT2D eigenvalue weighted by Crippen LogP contribution is -2.54. The molecule has 0 bridgehead atoms. The lowest BCUT2D eigenvalue weighted by Gasteiger charge is -2.32. The zero-order valence-electron chi connectivity index (χ0n) is 12.1. The van der Waals surface area contributed by atoms with E-state index in [1.165, 1.54) is 0 Å². The van der Waals surface area contributed by atoms with Gasteiger partial charge in [0.25, 0.3) is 0 Å². The van der Waals surface area contributed by atoms with Crippen LogP contribution in [0.15, 0.2) is 22.7 Å². The van der Waals surface area contributed by atoms with Gasteiger partial charge < -0.3 is 10.2 Å². The van der Waals surface area contributed by atoms with Crippen molar-refractivity contribution in [2.45, 2.75) is 6.92 Å². The smallest absolute Gasteiger partial charge is 0.318 e. The van der Waals surface area contributed by atoms with Crippen LogP contribution in [0.5, 0.6) is 0 Å². The van der Waals surface area contributed by atoms with E-state index in [0.29, 0.717) is 18.8 Å². The van der Waals surface area contributed by atoms with Gasteiger partial charge in [-0.3, -0.25) is 15.0 Å². The van der Waals surface area contributed by atoms with Crippen LogP contribution in [-0.2, 0) is 9.59 Å². The molecule has 0 aromatic heterocycles. The number of rotatable bonds is 2. The Morgan fingerprint density at radius 1 is 1.14 bits per heavy atom. The molecule has 2 rings (SSSR count). The van der Waals surface area contributed by atoms with Crippen molar-refractivity contribution >= 4 is 33.4 Å². The van der Waals surface area contributed by atoms with Crippen LogP contribution in [-0.4, -0.2) is 54.9 Å². The zero-order valence-corrected chi connectivity index (χ0v) is 13.7. The third-order valence-electron chi connectivity index (χ3n) is 3.38. The van der Waals surface area contributed by atoms with Crippen molar-refractivity contribution < 1.29 is 9.59 Å². The summed E-state index contributed by atoms with van der Waals surface area (Å²) in [7, 11) is 2.03. The Hall–Kier alpha value is -1.44. The van der Waals surface area contributed by atoms with E-state index in [2.05, 4.69) is 31.6 Å². The predicted octanol–water partition coefficient (Wildman–Crippen LogP) is 0.975. The van der Waals surface area contributed by atoms with E-state index in [0.717, 1.165) is 23.1 Å². The van der Waals surface area contributed by atoms with Crippen LogP contribution in [0.1, 0.15) is 5.56 Å². The minimum atomic E-state index is -0.657. The molecule has 1 fully saturated rings. The number of aryl methyl sites for hydroxylation is 1. The van der Waals surface area contributed by atoms with E-state index in [-0.39, 0.29) is 0 Å². The van der Waals surface area contributed by atoms with Crippen LogP contribution in [0, 0.1) is 6.92 Å². The fourth-order valence-electron chi connectivity index (χ4n) is 2.02. The number of nitrogens with zero attached hydrogens (tertiary/aromatic N) is 2. The number of amides is 2. The minimum absolute atomic E-state index is 0.606. The number of piperazine rings is 1. The van der Waals surface area contributed by atoms with Crippen LogP contribution < -0.4 is 10.7 Å². The fourth-order valence-corrected chi connectivity index (χ4v) is 2.27. The lowest BCUT2D eigenvalue weighted by atomic mass is 10.2. The summed E-state index contributed by atoms with van der Waals surface area (Å²) in [5.74, 6) is -1.30. The standard InChI is InChI=1S/C14H19BrN4O2/c1-10-9-11(3-4-12(10)15)16-13(20)14(21)17-19-7-5-18(2)6-8-19/h3-4,9H,5-8H2,1-2H3,(H,16,20)(H,17,21). The third kappa shape index (κ3) is 4.52. The van der Waals surface area contributed by atoms with Gasteiger partial charge >= 0.3 is 11.8 Å². The van der Waals surface area contributed by atoms with E-state index < -0.39 is 11.8 Å². The average Bonchev–Trinajstić information content (AvgIpc) is 2.45. The Morgan fingerprint density at radius 2 is 1.81 bits per heavy atom. The Labute approximate surface area is 132 Å². The highest BCUT2D eigenvalue weighted by molar-refractivity contribution is 9.10. The number of carbonyl (C=O) groups is 2. The summed E-state index contributed by atoms with van der Waals surface area (Å²) in [5.41, 5.74) is 4.23. The highest BCUT2D eigenvalue weighted by Crippen LogP contribution is 2.19. The molecule has 0 spiro atoms. The Bertz CT molecular complexity index is 542. The van der Waals surface area contributed by atoms with Crippen molar-refractivity contribution in [1.82, 2.24) is 15.3 Å². The molecule has 114 valence electrons. The average molecular weight is 355 g/mol. The monoisotopic (exact) mass is 354 g/mol. The van der Waals surface area contributed by atoms with Crippen molar-refractivity contribution in [3.63, 3.8) is 0 Å². The first kappa shape index (κ1) is 15.9. The number of nitrogens with one attached hydrogen (secondary N) is 2. The molecule has 2 N–H and O–H groups in total. The second-order valence-electron chi connectivity index (χ2n) is 5.15. The van der Waals surface area contributed by atoms with Crippen LogP contribution >= 0.6 is 15.9 Å². The van der Waals surface area contributed by atoms with Gasteiger partial charge in [0.1, 0.15) is 0 Å². The summed E-state index contributed by atoms with van der Waals surface area (Å²) < 4.78 is 0.961. The molecule has 0 saturated carbocycles. The molecule has 0 aliphatic carbocycles. The second-order valence-corrected chi connectivity index (χ2v) is 6.00. The van der Waals surface area contributed by atoms with Crippen LogP contribution in [0.4, 0.5) is 5.69 Å². The van der Waals surface area contributed by atoms with Crippen LogP contribution in [0.25, 0.3) is 0 Å². The van der Waals surface area contributed by atoms with E-state index in [9.17, 15) is 9.59 Å². The fraction of sp³-hybridized carbons (Fsp3) is 0.429. The summed E-state index contributed by atoms with van der Waals surface area (Å²) in [5, 5.41) is 4.37. The first-order valence-electron chi connectivity index (χ1n) is 6.77. The van der Waals surface area contributed by atoms with Crippen molar-refractivity contribution in [3.8, 4) is 0 Å². The van der Waals surface area contributed by atoms with Crippen molar-refractivity contribution in [2.75, 3.05) is 38.5 Å². The molecule has 1 saturated heterocycles. The van der Waals surface area contributed by atoms with Gasteiger partial charge in [0.2, 0.25) is 0 Å². The first-order chi connectivity index (χ1) is 9.95. The molecule has 1 aromatic rings. The molecule has 1 aromatic carbocycles. The number of halogens is 1. The molecular weight excluding hydrogens is 336 g/mol. The Balaban J connectivity index is 1.87. The van der Waals surface area contributed by atoms with Gasteiger partial charge in [-0.2, -0.15) is 0 Å². The number of hydrogen-bond acceptors (Lipinski definition) is 4. The molecule has 1 aliphatic rings. The van der Waals surface area contributed by atoms with Gasteiger partial charge in [0, 0.05) is 36.3 Å². The molecule has 2 amide bonds. The molecule has 0 radical (unpaired) electrons. The molecular formula is C14H19BrN4O2. The van der Waals surface area contributed by atoms with E-state index in [1.807, 2.05) is 26.1 Å². The molecule has 1 heterocycles. The number of anilines is 1. The lowest BCUT2D eigenvalue weighted by molar-refractivity contribution is -0.139. The molecule has 6 nitrogen and oxygen atoms in total. The number of carbonyl (C=O) groups excluding carboxylic acids is 2.